The van der Waals surface area contributed by atoms with Crippen LogP contribution in [0.4, 0.5) is 8.78 Å². The average molecular weight is 296 g/mol. The number of hydrogen-bond donors (Lipinski definition) is 2. The number of nitrogens with zero attached hydrogens (tertiary/aromatic N) is 2. The van der Waals surface area contributed by atoms with Gasteiger partial charge in [-0.2, -0.15) is 5.10 Å². The molecule has 0 spiro atoms. The second-order valence-electron chi connectivity index (χ2n) is 4.57. The molecular formula is C14H18F2N4O. The van der Waals surface area contributed by atoms with E-state index in [0.717, 1.165) is 11.8 Å². The summed E-state index contributed by atoms with van der Waals surface area (Å²) in [6, 6.07) is 3.09. The molecule has 0 radical (unpaired) electrons. The van der Waals surface area contributed by atoms with Crippen LogP contribution in [0.25, 0.3) is 0 Å². The van der Waals surface area contributed by atoms with Gasteiger partial charge in [0, 0.05) is 12.6 Å². The molecule has 2 aromatic rings. The number of aryl methyl sites for hydroxylation is 1. The molecule has 0 aliphatic carbocycles. The summed E-state index contributed by atoms with van der Waals surface area (Å²) in [6.45, 7) is 2.56. The van der Waals surface area contributed by atoms with Crippen molar-refractivity contribution in [3.8, 4) is 5.75 Å². The smallest absolute Gasteiger partial charge is 0.161 e. The normalized spacial score (nSPS) is 12.4. The Bertz CT molecular complexity index is 594. The Hall–Kier alpha value is -1.99. The average Bonchev–Trinajstić information content (AvgIpc) is 2.89. The monoisotopic (exact) mass is 296 g/mol. The van der Waals surface area contributed by atoms with Crippen LogP contribution >= 0.6 is 0 Å². The highest BCUT2D eigenvalue weighted by Crippen LogP contribution is 2.28. The summed E-state index contributed by atoms with van der Waals surface area (Å²) in [5.41, 5.74) is 3.74. The Kier molecular flexibility index (Phi) is 4.87. The lowest BCUT2D eigenvalue weighted by molar-refractivity contribution is 0.390. The highest BCUT2D eigenvalue weighted by atomic mass is 19.1. The second-order valence-corrected chi connectivity index (χ2v) is 4.57. The maximum Gasteiger partial charge on any atom is 0.161 e. The molecule has 2 rings (SSSR count). The van der Waals surface area contributed by atoms with Crippen LogP contribution in [0.5, 0.6) is 5.75 Å². The van der Waals surface area contributed by atoms with Gasteiger partial charge in [0.25, 0.3) is 0 Å². The second kappa shape index (κ2) is 6.64. The van der Waals surface area contributed by atoms with Crippen LogP contribution in [0.1, 0.15) is 24.2 Å². The number of nitrogens with two attached hydrogens (primary N) is 1. The lowest BCUT2D eigenvalue weighted by Crippen LogP contribution is -2.32. The van der Waals surface area contributed by atoms with Crippen molar-refractivity contribution in [2.24, 2.45) is 5.84 Å². The Morgan fingerprint density at radius 2 is 2.19 bits per heavy atom. The van der Waals surface area contributed by atoms with Crippen LogP contribution in [-0.2, 0) is 13.0 Å². The minimum atomic E-state index is -0.607. The Morgan fingerprint density at radius 1 is 1.43 bits per heavy atom. The van der Waals surface area contributed by atoms with Gasteiger partial charge in [0.05, 0.1) is 25.0 Å². The molecule has 1 aromatic carbocycles. The molecule has 0 bridgehead atoms. The first-order valence-electron chi connectivity index (χ1n) is 6.60. The summed E-state index contributed by atoms with van der Waals surface area (Å²) < 4.78 is 33.7. The van der Waals surface area contributed by atoms with Crippen LogP contribution < -0.4 is 16.0 Å². The van der Waals surface area contributed by atoms with Gasteiger partial charge in [0.1, 0.15) is 11.6 Å². The first-order valence-corrected chi connectivity index (χ1v) is 6.60. The quantitative estimate of drug-likeness (QED) is 0.631. The highest BCUT2D eigenvalue weighted by molar-refractivity contribution is 5.30. The van der Waals surface area contributed by atoms with Crippen LogP contribution in [0, 0.1) is 11.6 Å². The van der Waals surface area contributed by atoms with Gasteiger partial charge in [-0.05, 0) is 25.0 Å². The molecular weight excluding hydrogens is 278 g/mol. The summed E-state index contributed by atoms with van der Waals surface area (Å²) in [7, 11) is 1.53. The first kappa shape index (κ1) is 15.4. The van der Waals surface area contributed by atoms with Crippen molar-refractivity contribution in [1.29, 1.82) is 0 Å². The lowest BCUT2D eigenvalue weighted by Gasteiger charge is -2.19. The largest absolute Gasteiger partial charge is 0.493 e. The summed E-state index contributed by atoms with van der Waals surface area (Å²) in [6.07, 6.45) is 1.84. The van der Waals surface area contributed by atoms with Crippen molar-refractivity contribution in [2.45, 2.75) is 25.9 Å². The number of hydrogen-bond acceptors (Lipinski definition) is 4. The summed E-state index contributed by atoms with van der Waals surface area (Å²) in [4.78, 5) is 0. The molecule has 1 atom stereocenters. The molecule has 0 amide bonds. The van der Waals surface area contributed by atoms with Crippen LogP contribution in [-0.4, -0.2) is 16.9 Å². The highest BCUT2D eigenvalue weighted by Gasteiger charge is 2.22. The number of halogens is 2. The summed E-state index contributed by atoms with van der Waals surface area (Å²) in [5, 5.41) is 4.19. The lowest BCUT2D eigenvalue weighted by atomic mass is 10.0. The predicted molar refractivity (Wildman–Crippen MR) is 74.6 cm³/mol. The van der Waals surface area contributed by atoms with Crippen molar-refractivity contribution < 1.29 is 13.5 Å². The van der Waals surface area contributed by atoms with Gasteiger partial charge in [-0.15, -0.1) is 0 Å². The van der Waals surface area contributed by atoms with E-state index in [2.05, 4.69) is 10.5 Å². The number of nitrogens with one attached hydrogen (secondary N) is 1. The molecule has 0 aliphatic heterocycles. The molecule has 0 fully saturated rings. The molecule has 1 heterocycles. The first-order chi connectivity index (χ1) is 10.1. The molecule has 3 N–H and O–H groups in total. The maximum atomic E-state index is 13.8. The Morgan fingerprint density at radius 3 is 2.76 bits per heavy atom. The number of benzene rings is 1. The minimum Gasteiger partial charge on any atom is -0.493 e. The van der Waals surface area contributed by atoms with Crippen molar-refractivity contribution in [2.75, 3.05) is 7.11 Å². The fourth-order valence-electron chi connectivity index (χ4n) is 2.28. The standard InChI is InChI=1S/C14H18F2N4O/c1-3-20-14(13(21-2)8-18-20)12(19-17)6-9-4-5-10(15)7-11(9)16/h4-5,7-8,12,19H,3,6,17H2,1-2H3. The van der Waals surface area contributed by atoms with Gasteiger partial charge >= 0.3 is 0 Å². The number of ether oxygens (including phenoxy) is 1. The van der Waals surface area contributed by atoms with Gasteiger partial charge in [0.15, 0.2) is 5.75 Å². The van der Waals surface area contributed by atoms with Crippen molar-refractivity contribution in [3.05, 3.63) is 47.3 Å². The molecule has 0 aliphatic rings. The van der Waals surface area contributed by atoms with Crippen molar-refractivity contribution >= 4 is 0 Å². The number of aromatic nitrogens is 2. The number of hydrazine groups is 1. The van der Waals surface area contributed by atoms with Crippen LogP contribution in [0.3, 0.4) is 0 Å². The summed E-state index contributed by atoms with van der Waals surface area (Å²) in [5.74, 6) is 4.96. The van der Waals surface area contributed by atoms with E-state index in [1.54, 1.807) is 10.9 Å². The third-order valence-corrected chi connectivity index (χ3v) is 3.33. The van der Waals surface area contributed by atoms with Crippen LogP contribution in [0.2, 0.25) is 0 Å². The molecule has 0 saturated carbocycles. The van der Waals surface area contributed by atoms with Gasteiger partial charge in [-0.1, -0.05) is 6.07 Å². The molecule has 0 saturated heterocycles. The third-order valence-electron chi connectivity index (χ3n) is 3.33. The fourth-order valence-corrected chi connectivity index (χ4v) is 2.28. The van der Waals surface area contributed by atoms with E-state index in [-0.39, 0.29) is 6.42 Å². The number of rotatable bonds is 6. The van der Waals surface area contributed by atoms with E-state index in [4.69, 9.17) is 10.6 Å². The maximum absolute atomic E-state index is 13.8. The zero-order chi connectivity index (χ0) is 15.4. The zero-order valence-corrected chi connectivity index (χ0v) is 11.9. The van der Waals surface area contributed by atoms with Crippen molar-refractivity contribution in [1.82, 2.24) is 15.2 Å². The molecule has 114 valence electrons. The topological polar surface area (TPSA) is 65.1 Å². The van der Waals surface area contributed by atoms with Crippen LogP contribution in [0.15, 0.2) is 24.4 Å². The van der Waals surface area contributed by atoms with E-state index >= 15 is 0 Å². The Labute approximate surface area is 121 Å². The van der Waals surface area contributed by atoms with Crippen molar-refractivity contribution in [3.63, 3.8) is 0 Å². The molecule has 1 aromatic heterocycles. The molecule has 1 unspecified atom stereocenters. The SMILES string of the molecule is CCn1ncc(OC)c1C(Cc1ccc(F)cc1F)NN. The zero-order valence-electron chi connectivity index (χ0n) is 11.9. The van der Waals surface area contributed by atoms with Gasteiger partial charge in [-0.3, -0.25) is 16.0 Å². The van der Waals surface area contributed by atoms with Gasteiger partial charge in [0.2, 0.25) is 0 Å². The number of methoxy groups -OCH3 is 1. The Balaban J connectivity index is 2.34. The fraction of sp³-hybridized carbons (Fsp3) is 0.357. The minimum absolute atomic E-state index is 0.255. The van der Waals surface area contributed by atoms with E-state index < -0.39 is 17.7 Å². The molecule has 7 heteroatoms. The van der Waals surface area contributed by atoms with E-state index in [1.165, 1.54) is 19.2 Å². The van der Waals surface area contributed by atoms with Gasteiger partial charge < -0.3 is 4.74 Å². The van der Waals surface area contributed by atoms with E-state index in [0.29, 0.717) is 17.9 Å². The summed E-state index contributed by atoms with van der Waals surface area (Å²) >= 11 is 0. The van der Waals surface area contributed by atoms with E-state index in [1.807, 2.05) is 6.92 Å². The van der Waals surface area contributed by atoms with E-state index in [9.17, 15) is 8.78 Å². The molecule has 5 nitrogen and oxygen atoms in total. The third kappa shape index (κ3) is 3.20. The molecule has 21 heavy (non-hydrogen) atoms. The predicted octanol–water partition coefficient (Wildman–Crippen LogP) is 1.94. The van der Waals surface area contributed by atoms with Gasteiger partial charge in [-0.25, -0.2) is 8.78 Å².